The van der Waals surface area contributed by atoms with Gasteiger partial charge in [0.1, 0.15) is 30.3 Å². The number of carboxylic acid groups (broad SMARTS) is 1. The number of carbonyl (C=O) groups is 1. The van der Waals surface area contributed by atoms with Gasteiger partial charge in [-0.15, -0.1) is 0 Å². The van der Waals surface area contributed by atoms with Crippen molar-refractivity contribution in [1.82, 2.24) is 5.32 Å². The number of aliphatic hydroxyl groups is 1. The summed E-state index contributed by atoms with van der Waals surface area (Å²) in [5.74, 6) is -0.0520. The summed E-state index contributed by atoms with van der Waals surface area (Å²) in [6, 6.07) is 31.1. The van der Waals surface area contributed by atoms with Crippen molar-refractivity contribution in [2.24, 2.45) is 0 Å². The predicted octanol–water partition coefficient (Wildman–Crippen LogP) is 5.62. The highest BCUT2D eigenvalue weighted by Gasteiger charge is 2.32. The highest BCUT2D eigenvalue weighted by Crippen LogP contribution is 2.29. The fourth-order valence-corrected chi connectivity index (χ4v) is 4.22. The zero-order valence-corrected chi connectivity index (χ0v) is 22.6. The molecule has 7 heteroatoms. The van der Waals surface area contributed by atoms with Gasteiger partial charge in [0.15, 0.2) is 0 Å². The predicted molar refractivity (Wildman–Crippen MR) is 153 cm³/mol. The summed E-state index contributed by atoms with van der Waals surface area (Å²) < 4.78 is 12.3. The highest BCUT2D eigenvalue weighted by atomic mass is 16.5. The Morgan fingerprint density at radius 1 is 0.925 bits per heavy atom. The van der Waals surface area contributed by atoms with E-state index in [0.717, 1.165) is 27.8 Å². The van der Waals surface area contributed by atoms with E-state index in [1.165, 1.54) is 6.92 Å². The molecule has 0 amide bonds. The van der Waals surface area contributed by atoms with Gasteiger partial charge in [-0.1, -0.05) is 66.7 Å². The van der Waals surface area contributed by atoms with E-state index in [4.69, 9.17) is 9.47 Å². The molecule has 0 fully saturated rings. The van der Waals surface area contributed by atoms with Gasteiger partial charge in [0.2, 0.25) is 0 Å². The smallest absolute Gasteiger partial charge is 0.326 e. The van der Waals surface area contributed by atoms with Crippen LogP contribution < -0.4 is 14.8 Å². The number of ether oxygens (including phenoxy) is 2. The summed E-state index contributed by atoms with van der Waals surface area (Å²) in [6.07, 6.45) is 0. The lowest BCUT2D eigenvalue weighted by Crippen LogP contribution is -2.52. The topological polar surface area (TPSA) is 112 Å². The molecule has 0 bridgehead atoms. The van der Waals surface area contributed by atoms with Crippen LogP contribution in [0.25, 0.3) is 11.1 Å². The average molecular weight is 537 g/mol. The number of nitrogens with zero attached hydrogens (tertiary/aromatic N) is 1. The van der Waals surface area contributed by atoms with Gasteiger partial charge in [0, 0.05) is 18.2 Å². The van der Waals surface area contributed by atoms with Crippen LogP contribution in [-0.2, 0) is 24.6 Å². The number of aliphatic carboxylic acids is 1. The SMILES string of the molecule is Cc1c(COc2ccc(CNC(C)(CO)C(=O)O)c(OCc3cccc(C#N)c3)c2)cccc1-c1ccccc1. The molecule has 1 unspecified atom stereocenters. The van der Waals surface area contributed by atoms with Crippen LogP contribution >= 0.6 is 0 Å². The number of hydrogen-bond donors (Lipinski definition) is 3. The first-order chi connectivity index (χ1) is 19.3. The fraction of sp³-hybridized carbons (Fsp3) is 0.212. The zero-order chi connectivity index (χ0) is 28.5. The van der Waals surface area contributed by atoms with E-state index in [-0.39, 0.29) is 13.2 Å². The van der Waals surface area contributed by atoms with E-state index in [2.05, 4.69) is 36.5 Å². The molecule has 0 saturated carbocycles. The molecule has 0 saturated heterocycles. The van der Waals surface area contributed by atoms with Crippen LogP contribution in [0, 0.1) is 18.3 Å². The number of benzene rings is 4. The molecule has 3 N–H and O–H groups in total. The van der Waals surface area contributed by atoms with Gasteiger partial charge in [-0.2, -0.15) is 5.26 Å². The van der Waals surface area contributed by atoms with E-state index in [1.807, 2.05) is 48.5 Å². The molecular weight excluding hydrogens is 504 g/mol. The molecule has 1 atom stereocenters. The molecule has 0 aliphatic heterocycles. The minimum Gasteiger partial charge on any atom is -0.489 e. The number of aliphatic hydroxyl groups excluding tert-OH is 1. The van der Waals surface area contributed by atoms with E-state index >= 15 is 0 Å². The first kappa shape index (κ1) is 28.4. The Labute approximate surface area is 234 Å². The Kier molecular flexibility index (Phi) is 9.18. The quantitative estimate of drug-likeness (QED) is 0.216. The Morgan fingerprint density at radius 2 is 1.70 bits per heavy atom. The van der Waals surface area contributed by atoms with Crippen LogP contribution in [0.15, 0.2) is 91.0 Å². The van der Waals surface area contributed by atoms with Crippen molar-refractivity contribution in [3.63, 3.8) is 0 Å². The third-order valence-corrected chi connectivity index (χ3v) is 6.87. The van der Waals surface area contributed by atoms with Gasteiger partial charge < -0.3 is 19.7 Å². The summed E-state index contributed by atoms with van der Waals surface area (Å²) in [6.45, 7) is 3.65. The fourth-order valence-electron chi connectivity index (χ4n) is 4.22. The molecule has 7 nitrogen and oxygen atoms in total. The van der Waals surface area contributed by atoms with Crippen LogP contribution in [0.2, 0.25) is 0 Å². The first-order valence-corrected chi connectivity index (χ1v) is 12.9. The lowest BCUT2D eigenvalue weighted by Gasteiger charge is -2.24. The maximum atomic E-state index is 11.6. The molecule has 0 aliphatic rings. The van der Waals surface area contributed by atoms with Crippen molar-refractivity contribution in [2.45, 2.75) is 39.1 Å². The zero-order valence-electron chi connectivity index (χ0n) is 22.6. The monoisotopic (exact) mass is 536 g/mol. The van der Waals surface area contributed by atoms with Crippen molar-refractivity contribution in [2.75, 3.05) is 6.61 Å². The number of hydrogen-bond acceptors (Lipinski definition) is 6. The van der Waals surface area contributed by atoms with Gasteiger partial charge in [-0.05, 0) is 59.9 Å². The summed E-state index contributed by atoms with van der Waals surface area (Å²) in [5.41, 5.74) is 5.05. The molecule has 40 heavy (non-hydrogen) atoms. The molecule has 0 aliphatic carbocycles. The molecule has 4 rings (SSSR count). The third-order valence-electron chi connectivity index (χ3n) is 6.87. The second-order valence-electron chi connectivity index (χ2n) is 9.76. The average Bonchev–Trinajstić information content (AvgIpc) is 2.99. The Balaban J connectivity index is 1.55. The summed E-state index contributed by atoms with van der Waals surface area (Å²) >= 11 is 0. The van der Waals surface area contributed by atoms with Gasteiger partial charge in [-0.3, -0.25) is 10.1 Å². The van der Waals surface area contributed by atoms with Crippen LogP contribution in [-0.4, -0.2) is 28.3 Å². The molecule has 0 radical (unpaired) electrons. The molecular formula is C33H32N2O5. The molecule has 4 aromatic carbocycles. The third kappa shape index (κ3) is 6.86. The van der Waals surface area contributed by atoms with Gasteiger partial charge in [-0.25, -0.2) is 0 Å². The van der Waals surface area contributed by atoms with Crippen LogP contribution in [0.3, 0.4) is 0 Å². The van der Waals surface area contributed by atoms with Gasteiger partial charge in [0.25, 0.3) is 0 Å². The maximum Gasteiger partial charge on any atom is 0.326 e. The van der Waals surface area contributed by atoms with Crippen LogP contribution in [0.4, 0.5) is 0 Å². The van der Waals surface area contributed by atoms with E-state index < -0.39 is 18.1 Å². The summed E-state index contributed by atoms with van der Waals surface area (Å²) in [7, 11) is 0. The Morgan fingerprint density at radius 3 is 2.42 bits per heavy atom. The molecule has 0 aromatic heterocycles. The van der Waals surface area contributed by atoms with Crippen molar-refractivity contribution < 1.29 is 24.5 Å². The van der Waals surface area contributed by atoms with Crippen LogP contribution in [0.5, 0.6) is 11.5 Å². The normalized spacial score (nSPS) is 12.2. The van der Waals surface area contributed by atoms with Gasteiger partial charge >= 0.3 is 5.97 Å². The first-order valence-electron chi connectivity index (χ1n) is 12.9. The van der Waals surface area contributed by atoms with Crippen molar-refractivity contribution in [1.29, 1.82) is 5.26 Å². The number of carboxylic acids is 1. The van der Waals surface area contributed by atoms with Crippen molar-refractivity contribution in [3.05, 3.63) is 119 Å². The highest BCUT2D eigenvalue weighted by molar-refractivity contribution is 5.78. The second kappa shape index (κ2) is 12.9. The van der Waals surface area contributed by atoms with E-state index in [1.54, 1.807) is 24.3 Å². The molecule has 0 heterocycles. The van der Waals surface area contributed by atoms with Crippen molar-refractivity contribution in [3.8, 4) is 28.7 Å². The molecule has 0 spiro atoms. The second-order valence-corrected chi connectivity index (χ2v) is 9.76. The number of nitrogens with one attached hydrogen (secondary N) is 1. The van der Waals surface area contributed by atoms with E-state index in [0.29, 0.717) is 29.2 Å². The summed E-state index contributed by atoms with van der Waals surface area (Å²) in [4.78, 5) is 11.6. The Hall–Kier alpha value is -4.64. The lowest BCUT2D eigenvalue weighted by atomic mass is 9.97. The Bertz CT molecular complexity index is 1510. The maximum absolute atomic E-state index is 11.6. The lowest BCUT2D eigenvalue weighted by molar-refractivity contribution is -0.145. The standard InChI is InChI=1S/C33H32N2O5/c1-23-28(12-7-13-30(23)26-10-4-3-5-11-26)21-39-29-15-14-27(19-35-33(2,22-36)32(37)38)31(17-29)40-20-25-9-6-8-24(16-25)18-34/h3-17,35-36H,19-22H2,1-2H3,(H,37,38). The minimum absolute atomic E-state index is 0.148. The molecule has 204 valence electrons. The number of rotatable bonds is 12. The minimum atomic E-state index is -1.51. The molecule has 4 aromatic rings. The van der Waals surface area contributed by atoms with Gasteiger partial charge in [0.05, 0.1) is 18.2 Å². The largest absolute Gasteiger partial charge is 0.489 e. The van der Waals surface area contributed by atoms with Crippen LogP contribution in [0.1, 0.15) is 34.7 Å². The summed E-state index contributed by atoms with van der Waals surface area (Å²) in [5, 5.41) is 31.3. The van der Waals surface area contributed by atoms with Crippen molar-refractivity contribution >= 4 is 5.97 Å². The number of nitriles is 1. The van der Waals surface area contributed by atoms with E-state index in [9.17, 15) is 20.3 Å².